The first-order chi connectivity index (χ1) is 8.90. The summed E-state index contributed by atoms with van der Waals surface area (Å²) in [5.74, 6) is 0.343. The van der Waals surface area contributed by atoms with Gasteiger partial charge in [0.05, 0.1) is 30.8 Å². The molecular weight excluding hydrogens is 298 g/mol. The molecule has 6 nitrogen and oxygen atoms in total. The molecule has 1 aromatic rings. The van der Waals surface area contributed by atoms with Gasteiger partial charge in [-0.2, -0.15) is 0 Å². The van der Waals surface area contributed by atoms with E-state index in [2.05, 4.69) is 0 Å². The van der Waals surface area contributed by atoms with Crippen LogP contribution < -0.4 is 15.2 Å². The van der Waals surface area contributed by atoms with Crippen molar-refractivity contribution in [2.75, 3.05) is 14.2 Å². The Bertz CT molecular complexity index is 474. The molecule has 1 aromatic carbocycles. The Morgan fingerprint density at radius 1 is 1.30 bits per heavy atom. The van der Waals surface area contributed by atoms with Gasteiger partial charge in [-0.05, 0) is 6.07 Å². The van der Waals surface area contributed by atoms with Gasteiger partial charge in [0, 0.05) is 12.5 Å². The predicted molar refractivity (Wildman–Crippen MR) is 71.0 cm³/mol. The molecule has 0 aliphatic rings. The Kier molecular flexibility index (Phi) is 7.16. The highest BCUT2D eigenvalue weighted by Gasteiger charge is 2.25. The zero-order valence-electron chi connectivity index (χ0n) is 10.8. The zero-order valence-corrected chi connectivity index (χ0v) is 11.7. The molecule has 20 heavy (non-hydrogen) atoms. The lowest BCUT2D eigenvalue weighted by Crippen LogP contribution is -2.16. The van der Waals surface area contributed by atoms with Crippen molar-refractivity contribution in [2.24, 2.45) is 5.73 Å². The van der Waals surface area contributed by atoms with Gasteiger partial charge in [0.15, 0.2) is 11.5 Å². The lowest BCUT2D eigenvalue weighted by molar-refractivity contribution is -0.385. The Labute approximate surface area is 120 Å². The largest absolute Gasteiger partial charge is 0.493 e. The molecule has 0 bridgehead atoms. The maximum Gasteiger partial charge on any atom is 0.278 e. The number of nitrogens with two attached hydrogens (primary N) is 1. The third kappa shape index (κ3) is 4.17. The number of ether oxygens (including phenoxy) is 2. The van der Waals surface area contributed by atoms with E-state index in [1.54, 1.807) is 0 Å². The summed E-state index contributed by atoms with van der Waals surface area (Å²) >= 11 is 0. The Balaban J connectivity index is 0.00000361. The molecule has 9 heteroatoms. The van der Waals surface area contributed by atoms with E-state index in [0.717, 1.165) is 6.07 Å². The second-order valence-corrected chi connectivity index (χ2v) is 3.76. The molecule has 0 aromatic heterocycles. The van der Waals surface area contributed by atoms with Crippen LogP contribution in [0.3, 0.4) is 0 Å². The van der Waals surface area contributed by atoms with Gasteiger partial charge in [0.25, 0.3) is 5.69 Å². The first-order valence-electron chi connectivity index (χ1n) is 5.34. The van der Waals surface area contributed by atoms with Crippen molar-refractivity contribution in [1.82, 2.24) is 0 Å². The molecule has 0 aliphatic carbocycles. The number of nitro benzene ring substituents is 1. The van der Waals surface area contributed by atoms with Gasteiger partial charge in [-0.1, -0.05) is 0 Å². The summed E-state index contributed by atoms with van der Waals surface area (Å²) in [7, 11) is 2.66. The second kappa shape index (κ2) is 7.81. The number of alkyl halides is 2. The highest BCUT2D eigenvalue weighted by molar-refractivity contribution is 5.85. The number of hydrogen-bond donors (Lipinski definition) is 1. The molecule has 2 N–H and O–H groups in total. The zero-order chi connectivity index (χ0) is 14.6. The van der Waals surface area contributed by atoms with Gasteiger partial charge in [-0.15, -0.1) is 12.4 Å². The van der Waals surface area contributed by atoms with Crippen LogP contribution in [0, 0.1) is 10.1 Å². The monoisotopic (exact) mass is 312 g/mol. The fourth-order valence-electron chi connectivity index (χ4n) is 1.66. The summed E-state index contributed by atoms with van der Waals surface area (Å²) in [5.41, 5.74) is 5.19. The van der Waals surface area contributed by atoms with Crippen molar-refractivity contribution in [2.45, 2.75) is 18.9 Å². The summed E-state index contributed by atoms with van der Waals surface area (Å²) in [4.78, 5) is 10.3. The summed E-state index contributed by atoms with van der Waals surface area (Å²) in [6.45, 7) is 0. The van der Waals surface area contributed by atoms with Crippen molar-refractivity contribution in [1.29, 1.82) is 0 Å². The summed E-state index contributed by atoms with van der Waals surface area (Å²) in [6, 6.07) is 1.21. The minimum absolute atomic E-state index is 0. The second-order valence-electron chi connectivity index (χ2n) is 3.76. The predicted octanol–water partition coefficient (Wildman–Crippen LogP) is 2.69. The number of nitrogens with zero attached hydrogens (tertiary/aromatic N) is 1. The number of rotatable bonds is 6. The van der Waals surface area contributed by atoms with Gasteiger partial charge in [0.2, 0.25) is 6.43 Å². The van der Waals surface area contributed by atoms with Crippen LogP contribution in [0.5, 0.6) is 11.5 Å². The van der Waals surface area contributed by atoms with E-state index >= 15 is 0 Å². The SMILES string of the molecule is COc1cc([C@@H](N)CC(F)F)c([N+](=O)[O-])cc1OC.Cl. The lowest BCUT2D eigenvalue weighted by atomic mass is 10.0. The van der Waals surface area contributed by atoms with E-state index in [0.29, 0.717) is 0 Å². The van der Waals surface area contributed by atoms with Gasteiger partial charge in [-0.3, -0.25) is 10.1 Å². The number of halogens is 3. The number of hydrogen-bond acceptors (Lipinski definition) is 5. The van der Waals surface area contributed by atoms with Crippen LogP contribution in [-0.4, -0.2) is 25.6 Å². The van der Waals surface area contributed by atoms with Crippen molar-refractivity contribution in [3.8, 4) is 11.5 Å². The highest BCUT2D eigenvalue weighted by atomic mass is 35.5. The molecule has 0 saturated heterocycles. The molecule has 0 fully saturated rings. The third-order valence-electron chi connectivity index (χ3n) is 2.56. The average Bonchev–Trinajstić information content (AvgIpc) is 2.35. The van der Waals surface area contributed by atoms with Crippen LogP contribution in [0.2, 0.25) is 0 Å². The molecule has 0 spiro atoms. The topological polar surface area (TPSA) is 87.6 Å². The number of benzene rings is 1. The number of nitro groups is 1. The quantitative estimate of drug-likeness (QED) is 0.644. The standard InChI is InChI=1S/C11H14F2N2O4.ClH/c1-18-9-3-6(7(14)4-11(12)13)8(15(16)17)5-10(9)19-2;/h3,5,7,11H,4,14H2,1-2H3;1H/t7-;/m0./s1. The minimum Gasteiger partial charge on any atom is -0.493 e. The van der Waals surface area contributed by atoms with Crippen LogP contribution in [0.4, 0.5) is 14.5 Å². The van der Waals surface area contributed by atoms with Crippen molar-refractivity contribution >= 4 is 18.1 Å². The van der Waals surface area contributed by atoms with Crippen LogP contribution in [0.25, 0.3) is 0 Å². The maximum atomic E-state index is 12.3. The maximum absolute atomic E-state index is 12.3. The van der Waals surface area contributed by atoms with Gasteiger partial charge >= 0.3 is 0 Å². The van der Waals surface area contributed by atoms with E-state index in [4.69, 9.17) is 15.2 Å². The smallest absolute Gasteiger partial charge is 0.278 e. The Morgan fingerprint density at radius 3 is 2.20 bits per heavy atom. The van der Waals surface area contributed by atoms with Crippen molar-refractivity contribution < 1.29 is 23.2 Å². The highest BCUT2D eigenvalue weighted by Crippen LogP contribution is 2.37. The van der Waals surface area contributed by atoms with E-state index in [1.807, 2.05) is 0 Å². The molecule has 114 valence electrons. The molecule has 0 saturated carbocycles. The fraction of sp³-hybridized carbons (Fsp3) is 0.455. The number of methoxy groups -OCH3 is 2. The summed E-state index contributed by atoms with van der Waals surface area (Å²) in [5, 5.41) is 10.9. The van der Waals surface area contributed by atoms with E-state index in [-0.39, 0.29) is 35.2 Å². The van der Waals surface area contributed by atoms with Gasteiger partial charge in [0.1, 0.15) is 0 Å². The van der Waals surface area contributed by atoms with E-state index in [9.17, 15) is 18.9 Å². The van der Waals surface area contributed by atoms with Crippen molar-refractivity contribution in [3.63, 3.8) is 0 Å². The molecule has 0 radical (unpaired) electrons. The third-order valence-corrected chi connectivity index (χ3v) is 2.56. The van der Waals surface area contributed by atoms with Crippen LogP contribution >= 0.6 is 12.4 Å². The van der Waals surface area contributed by atoms with Crippen LogP contribution in [0.1, 0.15) is 18.0 Å². The molecule has 1 rings (SSSR count). The fourth-order valence-corrected chi connectivity index (χ4v) is 1.66. The summed E-state index contributed by atoms with van der Waals surface area (Å²) < 4.78 is 34.6. The molecule has 1 atom stereocenters. The van der Waals surface area contributed by atoms with E-state index < -0.39 is 23.8 Å². The van der Waals surface area contributed by atoms with Gasteiger partial charge < -0.3 is 15.2 Å². The average molecular weight is 313 g/mol. The minimum atomic E-state index is -2.65. The molecule has 0 aliphatic heterocycles. The van der Waals surface area contributed by atoms with Gasteiger partial charge in [-0.25, -0.2) is 8.78 Å². The van der Waals surface area contributed by atoms with Crippen LogP contribution in [-0.2, 0) is 0 Å². The lowest BCUT2D eigenvalue weighted by Gasteiger charge is -2.15. The van der Waals surface area contributed by atoms with Crippen LogP contribution in [0.15, 0.2) is 12.1 Å². The molecule has 0 heterocycles. The Morgan fingerprint density at radius 2 is 1.80 bits per heavy atom. The van der Waals surface area contributed by atoms with Crippen molar-refractivity contribution in [3.05, 3.63) is 27.8 Å². The first kappa shape index (κ1) is 18.3. The van der Waals surface area contributed by atoms with E-state index in [1.165, 1.54) is 20.3 Å². The first-order valence-corrected chi connectivity index (χ1v) is 5.34. The molecule has 0 unspecified atom stereocenters. The molecular formula is C11H15ClF2N2O4. The Hall–Kier alpha value is -1.67. The normalized spacial score (nSPS) is 11.7. The summed E-state index contributed by atoms with van der Waals surface area (Å²) in [6.07, 6.45) is -3.32. The molecule has 0 amide bonds.